The summed E-state index contributed by atoms with van der Waals surface area (Å²) in [6, 6.07) is 45.5. The zero-order valence-corrected chi connectivity index (χ0v) is 24.5. The van der Waals surface area contributed by atoms with Gasteiger partial charge in [-0.3, -0.25) is 4.57 Å². The van der Waals surface area contributed by atoms with Crippen molar-refractivity contribution in [3.63, 3.8) is 0 Å². The summed E-state index contributed by atoms with van der Waals surface area (Å²) in [5.74, 6) is 1.04. The van der Waals surface area contributed by atoms with Crippen LogP contribution in [-0.2, 0) is 11.8 Å². The van der Waals surface area contributed by atoms with Crippen LogP contribution < -0.4 is 0 Å². The summed E-state index contributed by atoms with van der Waals surface area (Å²) in [6.07, 6.45) is 0.829. The number of nitriles is 1. The number of hydrogen-bond acceptors (Lipinski definition) is 3. The maximum atomic E-state index is 10.2. The maximum Gasteiger partial charge on any atom is 0.136 e. The Morgan fingerprint density at radius 1 is 0.689 bits per heavy atom. The van der Waals surface area contributed by atoms with Crippen LogP contribution in [0.3, 0.4) is 0 Å². The molecule has 0 saturated heterocycles. The molecule has 2 heterocycles. The van der Waals surface area contributed by atoms with E-state index in [1.165, 1.54) is 38.9 Å². The van der Waals surface area contributed by atoms with Gasteiger partial charge in [0.1, 0.15) is 17.0 Å². The van der Waals surface area contributed by atoms with E-state index in [1.54, 1.807) is 0 Å². The summed E-state index contributed by atoms with van der Waals surface area (Å²) in [6.45, 7) is 2.17. The first-order chi connectivity index (χ1) is 22.2. The van der Waals surface area contributed by atoms with Crippen LogP contribution in [0.1, 0.15) is 40.6 Å². The van der Waals surface area contributed by atoms with E-state index in [0.29, 0.717) is 5.56 Å². The topological polar surface area (TPSA) is 54.8 Å². The summed E-state index contributed by atoms with van der Waals surface area (Å²) in [4.78, 5) is 5.00. The molecule has 0 radical (unpaired) electrons. The zero-order chi connectivity index (χ0) is 29.9. The summed E-state index contributed by atoms with van der Waals surface area (Å²) in [5.41, 5.74) is 14.7. The third-order valence-corrected chi connectivity index (χ3v) is 10.0. The highest BCUT2D eigenvalue weighted by atomic mass is 16.3. The number of benzene rings is 6. The lowest BCUT2D eigenvalue weighted by Crippen LogP contribution is -2.26. The first-order valence-electron chi connectivity index (χ1n) is 15.4. The molecule has 6 aromatic carbocycles. The lowest BCUT2D eigenvalue weighted by molar-refractivity contribution is 0.668. The molecule has 0 bridgehead atoms. The van der Waals surface area contributed by atoms with Crippen molar-refractivity contribution in [1.82, 2.24) is 9.55 Å². The molecule has 0 fully saturated rings. The number of fused-ring (bicyclic) bond motifs is 15. The van der Waals surface area contributed by atoms with Crippen LogP contribution >= 0.6 is 0 Å². The lowest BCUT2D eigenvalue weighted by Gasteiger charge is -2.30. The highest BCUT2D eigenvalue weighted by molar-refractivity contribution is 6.17. The third-order valence-electron chi connectivity index (χ3n) is 10.0. The molecule has 10 rings (SSSR count). The summed E-state index contributed by atoms with van der Waals surface area (Å²) < 4.78 is 8.72. The Morgan fingerprint density at radius 2 is 1.42 bits per heavy atom. The van der Waals surface area contributed by atoms with Gasteiger partial charge >= 0.3 is 0 Å². The number of hydrogen-bond donors (Lipinski definition) is 0. The summed E-state index contributed by atoms with van der Waals surface area (Å²) >= 11 is 0. The molecule has 0 aliphatic heterocycles. The predicted molar refractivity (Wildman–Crippen MR) is 179 cm³/mol. The molecule has 0 N–H and O–H groups in total. The second-order valence-electron chi connectivity index (χ2n) is 12.0. The Hall–Kier alpha value is -5.92. The molecule has 0 amide bonds. The molecule has 1 atom stereocenters. The van der Waals surface area contributed by atoms with Gasteiger partial charge in [-0.15, -0.1) is 0 Å². The van der Waals surface area contributed by atoms with Crippen LogP contribution in [0, 0.1) is 11.3 Å². The normalized spacial score (nSPS) is 15.8. The Balaban J connectivity index is 1.37. The minimum Gasteiger partial charge on any atom is -0.456 e. The highest BCUT2D eigenvalue weighted by Gasteiger charge is 2.52. The van der Waals surface area contributed by atoms with Crippen molar-refractivity contribution < 1.29 is 4.42 Å². The monoisotopic (exact) mass is 575 g/mol. The van der Waals surface area contributed by atoms with E-state index in [-0.39, 0.29) is 0 Å². The van der Waals surface area contributed by atoms with Crippen LogP contribution in [0.5, 0.6) is 0 Å². The fraction of sp³-hybridized carbons (Fsp3) is 0.0732. The van der Waals surface area contributed by atoms with Crippen LogP contribution in [-0.4, -0.2) is 9.55 Å². The first kappa shape index (κ1) is 24.5. The van der Waals surface area contributed by atoms with E-state index in [2.05, 4.69) is 121 Å². The largest absolute Gasteiger partial charge is 0.456 e. The first-order valence-corrected chi connectivity index (χ1v) is 15.4. The van der Waals surface area contributed by atoms with Crippen molar-refractivity contribution in [3.05, 3.63) is 155 Å². The van der Waals surface area contributed by atoms with Gasteiger partial charge in [-0.25, -0.2) is 4.98 Å². The Bertz CT molecular complexity index is 2610. The molecule has 8 aromatic rings. The number of furan rings is 1. The summed E-state index contributed by atoms with van der Waals surface area (Å²) in [5, 5.41) is 12.1. The molecule has 210 valence electrons. The van der Waals surface area contributed by atoms with Crippen molar-refractivity contribution in [1.29, 1.82) is 5.26 Å². The molecule has 1 spiro atoms. The molecule has 2 aliphatic rings. The SMILES string of the molecule is CCc1nc2ccccc2n1-c1ccc2c(c1)C1(c3ccccc3-2)c2ccccc2-c2c1ccc1oc3cccc(C#N)c3c21. The summed E-state index contributed by atoms with van der Waals surface area (Å²) in [7, 11) is 0. The fourth-order valence-corrected chi connectivity index (χ4v) is 8.36. The zero-order valence-electron chi connectivity index (χ0n) is 24.5. The molecular formula is C41H25N3O. The predicted octanol–water partition coefficient (Wildman–Crippen LogP) is 9.70. The van der Waals surface area contributed by atoms with Gasteiger partial charge in [-0.05, 0) is 87.0 Å². The highest BCUT2D eigenvalue weighted by Crippen LogP contribution is 2.64. The van der Waals surface area contributed by atoms with Gasteiger partial charge in [0, 0.05) is 22.9 Å². The smallest absolute Gasteiger partial charge is 0.136 e. The number of nitrogens with zero attached hydrogens (tertiary/aromatic N) is 3. The van der Waals surface area contributed by atoms with Gasteiger partial charge in [0.05, 0.1) is 28.1 Å². The Morgan fingerprint density at radius 3 is 2.27 bits per heavy atom. The van der Waals surface area contributed by atoms with E-state index >= 15 is 0 Å². The number of imidazole rings is 1. The molecule has 45 heavy (non-hydrogen) atoms. The van der Waals surface area contributed by atoms with Gasteiger partial charge in [0.15, 0.2) is 0 Å². The van der Waals surface area contributed by atoms with Crippen molar-refractivity contribution in [3.8, 4) is 34.0 Å². The lowest BCUT2D eigenvalue weighted by atomic mass is 9.70. The van der Waals surface area contributed by atoms with Gasteiger partial charge in [-0.1, -0.05) is 85.8 Å². The van der Waals surface area contributed by atoms with E-state index < -0.39 is 5.41 Å². The minimum absolute atomic E-state index is 0.532. The van der Waals surface area contributed by atoms with Crippen molar-refractivity contribution in [2.75, 3.05) is 0 Å². The quantitative estimate of drug-likeness (QED) is 0.206. The average Bonchev–Trinajstić information content (AvgIpc) is 3.82. The van der Waals surface area contributed by atoms with E-state index in [1.807, 2.05) is 18.2 Å². The second kappa shape index (κ2) is 8.59. The number of aromatic nitrogens is 2. The second-order valence-corrected chi connectivity index (χ2v) is 12.0. The van der Waals surface area contributed by atoms with Crippen LogP contribution in [0.25, 0.3) is 60.9 Å². The van der Waals surface area contributed by atoms with Crippen LogP contribution in [0.15, 0.2) is 126 Å². The van der Waals surface area contributed by atoms with Gasteiger partial charge in [0.25, 0.3) is 0 Å². The molecular weight excluding hydrogens is 550 g/mol. The fourth-order valence-electron chi connectivity index (χ4n) is 8.36. The standard InChI is InChI=1S/C41H25N3O/c1-2-37-43-33-15-7-8-16-34(33)44(37)25-18-19-27-26-11-3-5-13-29(26)41(32(27)22-25)30-14-6-4-12-28(30)39-31(41)20-21-36-40(39)38-24(23-42)10-9-17-35(38)45-36/h3-22H,2H2,1H3. The van der Waals surface area contributed by atoms with Crippen molar-refractivity contribution >= 4 is 33.0 Å². The van der Waals surface area contributed by atoms with Crippen molar-refractivity contribution in [2.45, 2.75) is 18.8 Å². The molecule has 0 saturated carbocycles. The molecule has 1 unspecified atom stereocenters. The van der Waals surface area contributed by atoms with Crippen molar-refractivity contribution in [2.24, 2.45) is 0 Å². The van der Waals surface area contributed by atoms with Gasteiger partial charge in [0.2, 0.25) is 0 Å². The van der Waals surface area contributed by atoms with Crippen LogP contribution in [0.2, 0.25) is 0 Å². The number of aryl methyl sites for hydroxylation is 1. The van der Waals surface area contributed by atoms with E-state index in [4.69, 9.17) is 9.40 Å². The van der Waals surface area contributed by atoms with E-state index in [9.17, 15) is 5.26 Å². The number of para-hydroxylation sites is 2. The third kappa shape index (κ3) is 2.89. The average molecular weight is 576 g/mol. The van der Waals surface area contributed by atoms with Gasteiger partial charge < -0.3 is 4.42 Å². The van der Waals surface area contributed by atoms with Gasteiger partial charge in [-0.2, -0.15) is 5.26 Å². The van der Waals surface area contributed by atoms with Crippen LogP contribution in [0.4, 0.5) is 0 Å². The number of rotatable bonds is 2. The molecule has 2 aliphatic carbocycles. The Labute approximate surface area is 259 Å². The molecule has 4 heteroatoms. The Kier molecular flexibility index (Phi) is 4.68. The molecule has 4 nitrogen and oxygen atoms in total. The molecule has 2 aromatic heterocycles. The van der Waals surface area contributed by atoms with E-state index in [0.717, 1.165) is 56.5 Å². The maximum absolute atomic E-state index is 10.2. The minimum atomic E-state index is -0.532.